The number of aliphatic hydroxyl groups excluding tert-OH is 1. The lowest BCUT2D eigenvalue weighted by molar-refractivity contribution is -0.147. The fourth-order valence-corrected chi connectivity index (χ4v) is 4.67. The van der Waals surface area contributed by atoms with Crippen LogP contribution in [0.1, 0.15) is 64.9 Å². The zero-order chi connectivity index (χ0) is 25.5. The molecule has 0 saturated carbocycles. The highest BCUT2D eigenvalue weighted by atomic mass is 19.1. The van der Waals surface area contributed by atoms with E-state index in [9.17, 15) is 19.1 Å². The van der Waals surface area contributed by atoms with Gasteiger partial charge in [0.25, 0.3) is 0 Å². The number of hydrogen-bond donors (Lipinski definition) is 2. The number of ether oxygens (including phenoxy) is 1. The molecule has 2 aliphatic heterocycles. The van der Waals surface area contributed by atoms with Gasteiger partial charge in [0.2, 0.25) is 5.91 Å². The number of aliphatic hydroxyl groups is 1. The molecule has 0 radical (unpaired) electrons. The predicted octanol–water partition coefficient (Wildman–Crippen LogP) is 3.02. The molecule has 2 amide bonds. The number of aromatic nitrogens is 1. The Balaban J connectivity index is 1.57. The summed E-state index contributed by atoms with van der Waals surface area (Å²) in [5, 5.41) is 10.0. The van der Waals surface area contributed by atoms with Crippen LogP contribution in [0.25, 0.3) is 0 Å². The van der Waals surface area contributed by atoms with Gasteiger partial charge in [-0.1, -0.05) is 0 Å². The molecule has 1 aromatic heterocycles. The largest absolute Gasteiger partial charge is 0.444 e. The zero-order valence-electron chi connectivity index (χ0n) is 21.1. The van der Waals surface area contributed by atoms with E-state index >= 15 is 0 Å². The van der Waals surface area contributed by atoms with E-state index in [1.807, 2.05) is 25.7 Å². The fraction of sp³-hybridized carbons (Fsp3) is 0.720. The maximum Gasteiger partial charge on any atom is 0.410 e. The Kier molecular flexibility index (Phi) is 9.43. The summed E-state index contributed by atoms with van der Waals surface area (Å²) >= 11 is 0. The molecule has 10 heteroatoms. The number of rotatable bonds is 8. The summed E-state index contributed by atoms with van der Waals surface area (Å²) in [6.45, 7) is 8.01. The van der Waals surface area contributed by atoms with E-state index in [2.05, 4.69) is 10.5 Å². The van der Waals surface area contributed by atoms with Crippen molar-refractivity contribution in [1.29, 1.82) is 0 Å². The van der Waals surface area contributed by atoms with Crippen LogP contribution in [0.15, 0.2) is 18.5 Å². The number of hydrogen-bond acceptors (Lipinski definition) is 7. The number of carbonyl (C=O) groups excluding carboxylic acids is 2. The van der Waals surface area contributed by atoms with Crippen LogP contribution in [-0.2, 0) is 20.8 Å². The third-order valence-electron chi connectivity index (χ3n) is 6.59. The van der Waals surface area contributed by atoms with Crippen LogP contribution in [0, 0.1) is 11.2 Å². The standard InChI is InChI=1S/C25H39FN4O5/c1-24(2,3)35-23(33)30-12-8-25(9-13-30,16-19-15-20(26)18-27-17-19)22(32)28-34-14-6-11-29-10-5-4-7-21(29)31/h15,17-18,21,31H,4-14,16H2,1-3H3,(H,28,32). The molecule has 2 N–H and O–H groups in total. The molecule has 1 unspecified atom stereocenters. The lowest BCUT2D eigenvalue weighted by Crippen LogP contribution is -2.52. The molecule has 1 atom stereocenters. The SMILES string of the molecule is CC(C)(C)OC(=O)N1CCC(Cc2cncc(F)c2)(C(=O)NOCCCN2CCCCC2O)CC1. The van der Waals surface area contributed by atoms with Gasteiger partial charge >= 0.3 is 6.09 Å². The number of carbonyl (C=O) groups is 2. The van der Waals surface area contributed by atoms with Crippen LogP contribution in [0.5, 0.6) is 0 Å². The molecule has 2 aliphatic rings. The van der Waals surface area contributed by atoms with Crippen molar-refractivity contribution >= 4 is 12.0 Å². The summed E-state index contributed by atoms with van der Waals surface area (Å²) in [4.78, 5) is 38.8. The van der Waals surface area contributed by atoms with Crippen molar-refractivity contribution in [2.24, 2.45) is 5.41 Å². The minimum Gasteiger partial charge on any atom is -0.444 e. The first-order chi connectivity index (χ1) is 16.6. The van der Waals surface area contributed by atoms with E-state index in [0.29, 0.717) is 51.1 Å². The van der Waals surface area contributed by atoms with Crippen molar-refractivity contribution < 1.29 is 28.7 Å². The molecular weight excluding hydrogens is 455 g/mol. The van der Waals surface area contributed by atoms with Crippen molar-refractivity contribution in [2.45, 2.75) is 77.5 Å². The number of nitrogens with zero attached hydrogens (tertiary/aromatic N) is 3. The zero-order valence-corrected chi connectivity index (χ0v) is 21.1. The number of nitrogens with one attached hydrogen (secondary N) is 1. The Hall–Kier alpha value is -2.30. The van der Waals surface area contributed by atoms with Gasteiger partial charge in [0.15, 0.2) is 0 Å². The van der Waals surface area contributed by atoms with Gasteiger partial charge in [0.05, 0.1) is 18.2 Å². The molecule has 3 heterocycles. The van der Waals surface area contributed by atoms with Gasteiger partial charge in [-0.3, -0.25) is 19.5 Å². The fourth-order valence-electron chi connectivity index (χ4n) is 4.67. The number of piperidine rings is 2. The number of pyridine rings is 1. The molecule has 9 nitrogen and oxygen atoms in total. The van der Waals surface area contributed by atoms with E-state index in [1.54, 1.807) is 11.1 Å². The summed E-state index contributed by atoms with van der Waals surface area (Å²) in [5.74, 6) is -0.746. The number of hydroxylamine groups is 1. The average molecular weight is 495 g/mol. The second-order valence-electron chi connectivity index (χ2n) is 10.6. The normalized spacial score (nSPS) is 20.9. The lowest BCUT2D eigenvalue weighted by Gasteiger charge is -2.40. The summed E-state index contributed by atoms with van der Waals surface area (Å²) < 4.78 is 19.2. The van der Waals surface area contributed by atoms with Crippen LogP contribution < -0.4 is 5.48 Å². The van der Waals surface area contributed by atoms with Crippen molar-refractivity contribution in [2.75, 3.05) is 32.8 Å². The highest BCUT2D eigenvalue weighted by Crippen LogP contribution is 2.36. The molecule has 2 fully saturated rings. The minimum atomic E-state index is -0.864. The van der Waals surface area contributed by atoms with Crippen molar-refractivity contribution in [1.82, 2.24) is 20.3 Å². The minimum absolute atomic E-state index is 0.287. The van der Waals surface area contributed by atoms with Gasteiger partial charge in [-0.05, 0) is 77.3 Å². The third kappa shape index (κ3) is 8.12. The van der Waals surface area contributed by atoms with E-state index in [4.69, 9.17) is 9.57 Å². The van der Waals surface area contributed by atoms with Gasteiger partial charge in [-0.15, -0.1) is 0 Å². The van der Waals surface area contributed by atoms with Crippen LogP contribution in [0.3, 0.4) is 0 Å². The predicted molar refractivity (Wildman–Crippen MR) is 128 cm³/mol. The highest BCUT2D eigenvalue weighted by Gasteiger charge is 2.43. The smallest absolute Gasteiger partial charge is 0.410 e. The molecular formula is C25H39FN4O5. The van der Waals surface area contributed by atoms with Crippen LogP contribution in [-0.4, -0.2) is 76.5 Å². The van der Waals surface area contributed by atoms with Crippen molar-refractivity contribution in [3.05, 3.63) is 29.8 Å². The Morgan fingerprint density at radius 3 is 2.63 bits per heavy atom. The third-order valence-corrected chi connectivity index (χ3v) is 6.59. The monoisotopic (exact) mass is 494 g/mol. The molecule has 35 heavy (non-hydrogen) atoms. The lowest BCUT2D eigenvalue weighted by atomic mass is 9.73. The van der Waals surface area contributed by atoms with Crippen LogP contribution in [0.2, 0.25) is 0 Å². The first-order valence-corrected chi connectivity index (χ1v) is 12.5. The summed E-state index contributed by atoms with van der Waals surface area (Å²) in [6.07, 6.45) is 6.51. The average Bonchev–Trinajstić information content (AvgIpc) is 2.79. The summed E-state index contributed by atoms with van der Waals surface area (Å²) in [5.41, 5.74) is 1.74. The van der Waals surface area contributed by atoms with Crippen molar-refractivity contribution in [3.8, 4) is 0 Å². The second kappa shape index (κ2) is 12.1. The number of halogens is 1. The van der Waals surface area contributed by atoms with Crippen molar-refractivity contribution in [3.63, 3.8) is 0 Å². The maximum atomic E-state index is 13.8. The second-order valence-corrected chi connectivity index (χ2v) is 10.6. The van der Waals surface area contributed by atoms with Gasteiger partial charge in [-0.25, -0.2) is 14.7 Å². The molecule has 1 aromatic rings. The highest BCUT2D eigenvalue weighted by molar-refractivity contribution is 5.82. The first-order valence-electron chi connectivity index (χ1n) is 12.5. The van der Waals surface area contributed by atoms with Crippen LogP contribution >= 0.6 is 0 Å². The molecule has 0 aromatic carbocycles. The quantitative estimate of drug-likeness (QED) is 0.423. The first kappa shape index (κ1) is 27.3. The maximum absolute atomic E-state index is 13.8. The Morgan fingerprint density at radius 1 is 1.23 bits per heavy atom. The Bertz CT molecular complexity index is 855. The molecule has 0 spiro atoms. The van der Waals surface area contributed by atoms with E-state index < -0.39 is 29.2 Å². The topological polar surface area (TPSA) is 104 Å². The van der Waals surface area contributed by atoms with E-state index in [-0.39, 0.29) is 12.3 Å². The van der Waals surface area contributed by atoms with E-state index in [1.165, 1.54) is 6.07 Å². The molecule has 0 bridgehead atoms. The molecule has 3 rings (SSSR count). The summed E-state index contributed by atoms with van der Waals surface area (Å²) in [7, 11) is 0. The van der Waals surface area contributed by atoms with Gasteiger partial charge in [-0.2, -0.15) is 0 Å². The van der Waals surface area contributed by atoms with E-state index in [0.717, 1.165) is 32.0 Å². The summed E-state index contributed by atoms with van der Waals surface area (Å²) in [6, 6.07) is 1.38. The van der Waals surface area contributed by atoms with Gasteiger partial charge in [0, 0.05) is 32.4 Å². The van der Waals surface area contributed by atoms with Gasteiger partial charge < -0.3 is 14.7 Å². The number of likely N-dealkylation sites (tertiary alicyclic amines) is 2. The van der Waals surface area contributed by atoms with Gasteiger partial charge in [0.1, 0.15) is 17.6 Å². The van der Waals surface area contributed by atoms with Crippen LogP contribution in [0.4, 0.5) is 9.18 Å². The number of amides is 2. The molecule has 196 valence electrons. The Labute approximate surface area is 206 Å². The molecule has 2 saturated heterocycles. The Morgan fingerprint density at radius 2 is 1.97 bits per heavy atom. The molecule has 0 aliphatic carbocycles.